The molecule has 0 fully saturated rings. The molecule has 2 rings (SSSR count). The second-order valence-electron chi connectivity index (χ2n) is 2.15. The van der Waals surface area contributed by atoms with Crippen molar-refractivity contribution in [2.75, 3.05) is 14.2 Å². The van der Waals surface area contributed by atoms with Gasteiger partial charge in [0, 0.05) is 35.9 Å². The maximum Gasteiger partial charge on any atom is 0.0319 e. The van der Waals surface area contributed by atoms with Crippen molar-refractivity contribution in [2.45, 2.75) is 0 Å². The minimum atomic E-state index is 0. The van der Waals surface area contributed by atoms with Crippen LogP contribution in [0.4, 0.5) is 0 Å². The summed E-state index contributed by atoms with van der Waals surface area (Å²) in [6.07, 6.45) is 0. The van der Waals surface area contributed by atoms with E-state index in [1.54, 1.807) is 0 Å². The minimum Gasteiger partial charge on any atom is -0.400 e. The monoisotopic (exact) mass is 227 g/mol. The Morgan fingerprint density at radius 1 is 0.929 bits per heavy atom. The molecular weight excluding hydrogens is 212 g/mol. The fourth-order valence-corrected chi connectivity index (χ4v) is 1.07. The molecule has 2 aromatic carbocycles. The zero-order chi connectivity index (χ0) is 10.1. The molecule has 0 saturated heterocycles. The fourth-order valence-electron chi connectivity index (χ4n) is 1.07. The summed E-state index contributed by atoms with van der Waals surface area (Å²) in [6.45, 7) is 0. The largest absolute Gasteiger partial charge is 0.400 e. The van der Waals surface area contributed by atoms with Gasteiger partial charge in [-0.15, -0.1) is 29.7 Å². The predicted octanol–water partition coefficient (Wildman–Crippen LogP) is 1.77. The Morgan fingerprint density at radius 3 is 2.07 bits per heavy atom. The first-order chi connectivity index (χ1) is 6.47. The van der Waals surface area contributed by atoms with Crippen LogP contribution in [-0.4, -0.2) is 24.4 Å². The average Bonchev–Trinajstić information content (AvgIpc) is 2.71. The summed E-state index contributed by atoms with van der Waals surface area (Å²) in [5, 5.41) is 16.7. The smallest absolute Gasteiger partial charge is 0.0319 e. The van der Waals surface area contributed by atoms with Crippen LogP contribution < -0.4 is 0 Å². The third-order valence-corrected chi connectivity index (χ3v) is 1.55. The summed E-state index contributed by atoms with van der Waals surface area (Å²) in [6, 6.07) is 14.7. The molecule has 2 aromatic rings. The van der Waals surface area contributed by atoms with Crippen LogP contribution in [0.15, 0.2) is 42.5 Å². The van der Waals surface area contributed by atoms with Crippen molar-refractivity contribution in [2.24, 2.45) is 0 Å². The number of rotatable bonds is 0. The van der Waals surface area contributed by atoms with Gasteiger partial charge in [0.15, 0.2) is 0 Å². The predicted molar refractivity (Wildman–Crippen MR) is 55.8 cm³/mol. The van der Waals surface area contributed by atoms with Crippen LogP contribution in [0.2, 0.25) is 0 Å². The van der Waals surface area contributed by atoms with Gasteiger partial charge in [-0.3, -0.25) is 0 Å². The van der Waals surface area contributed by atoms with Gasteiger partial charge in [-0.05, 0) is 0 Å². The van der Waals surface area contributed by atoms with Gasteiger partial charge in [-0.25, -0.2) is 0 Å². The molecule has 0 aromatic heterocycles. The van der Waals surface area contributed by atoms with Gasteiger partial charge < -0.3 is 10.2 Å². The van der Waals surface area contributed by atoms with E-state index < -0.39 is 0 Å². The zero-order valence-electron chi connectivity index (χ0n) is 8.44. The van der Waals surface area contributed by atoms with Crippen molar-refractivity contribution in [1.82, 2.24) is 0 Å². The number of hydrogen-bond donors (Lipinski definition) is 2. The van der Waals surface area contributed by atoms with E-state index in [-0.39, 0.29) is 21.7 Å². The van der Waals surface area contributed by atoms with Crippen LogP contribution in [0.1, 0.15) is 0 Å². The number of benzene rings is 1. The van der Waals surface area contributed by atoms with Gasteiger partial charge in [0.2, 0.25) is 0 Å². The van der Waals surface area contributed by atoms with E-state index in [1.807, 2.05) is 0 Å². The van der Waals surface area contributed by atoms with E-state index >= 15 is 0 Å². The van der Waals surface area contributed by atoms with E-state index in [9.17, 15) is 0 Å². The molecule has 2 nitrogen and oxygen atoms in total. The fraction of sp³-hybridized carbons (Fsp3) is 0.182. The minimum absolute atomic E-state index is 0. The van der Waals surface area contributed by atoms with E-state index in [0.717, 1.165) is 14.2 Å². The summed E-state index contributed by atoms with van der Waals surface area (Å²) in [7, 11) is 2.00. The standard InChI is InChI=1S/C9H7.2CH4O.Ti/c1-2-5-9-7-3-6-8(9)4-1;2*1-2;/h1-7H;2*2H,1H3;/q-1;;;. The van der Waals surface area contributed by atoms with Gasteiger partial charge >= 0.3 is 0 Å². The molecule has 0 heterocycles. The molecule has 14 heavy (non-hydrogen) atoms. The maximum absolute atomic E-state index is 7.00. The third-order valence-electron chi connectivity index (χ3n) is 1.55. The van der Waals surface area contributed by atoms with Crippen LogP contribution in [0, 0.1) is 0 Å². The Balaban J connectivity index is 0. The number of aliphatic hydroxyl groups excluding tert-OH is 2. The molecule has 0 saturated carbocycles. The van der Waals surface area contributed by atoms with E-state index in [0.29, 0.717) is 0 Å². The molecule has 3 heteroatoms. The number of hydrogen-bond acceptors (Lipinski definition) is 2. The van der Waals surface area contributed by atoms with Crippen molar-refractivity contribution in [3.05, 3.63) is 42.5 Å². The van der Waals surface area contributed by atoms with Gasteiger partial charge in [-0.1, -0.05) is 6.07 Å². The van der Waals surface area contributed by atoms with Gasteiger partial charge in [0.05, 0.1) is 0 Å². The van der Waals surface area contributed by atoms with Gasteiger partial charge in [0.25, 0.3) is 0 Å². The van der Waals surface area contributed by atoms with Crippen LogP contribution in [0.5, 0.6) is 0 Å². The van der Waals surface area contributed by atoms with Crippen molar-refractivity contribution < 1.29 is 31.9 Å². The Bertz CT molecular complexity index is 287. The molecular formula is C11H15O2Ti-. The number of aliphatic hydroxyl groups is 2. The summed E-state index contributed by atoms with van der Waals surface area (Å²) < 4.78 is 0. The van der Waals surface area contributed by atoms with Crippen LogP contribution >= 0.6 is 0 Å². The molecule has 0 aliphatic rings. The second-order valence-corrected chi connectivity index (χ2v) is 2.15. The second kappa shape index (κ2) is 10.5. The SMILES string of the molecule is CO.CO.[Ti].c1ccc2[cH-]ccc2c1. The first-order valence-electron chi connectivity index (χ1n) is 3.97. The molecule has 0 spiro atoms. The van der Waals surface area contributed by atoms with E-state index in [1.165, 1.54) is 10.8 Å². The Kier molecular flexibility index (Phi) is 12.0. The molecule has 76 valence electrons. The third kappa shape index (κ3) is 4.63. The molecule has 0 radical (unpaired) electrons. The molecule has 0 unspecified atom stereocenters. The van der Waals surface area contributed by atoms with Crippen molar-refractivity contribution in [3.63, 3.8) is 0 Å². The Hall–Kier alpha value is -0.536. The molecule has 0 aliphatic carbocycles. The quantitative estimate of drug-likeness (QED) is 0.532. The summed E-state index contributed by atoms with van der Waals surface area (Å²) in [4.78, 5) is 0. The molecule has 0 amide bonds. The van der Waals surface area contributed by atoms with Gasteiger partial charge in [0.1, 0.15) is 0 Å². The average molecular weight is 227 g/mol. The molecule has 0 aliphatic heterocycles. The Morgan fingerprint density at radius 2 is 1.50 bits per heavy atom. The summed E-state index contributed by atoms with van der Waals surface area (Å²) in [5.74, 6) is 0. The maximum atomic E-state index is 7.00. The van der Waals surface area contributed by atoms with Crippen molar-refractivity contribution in [1.29, 1.82) is 0 Å². The first-order valence-corrected chi connectivity index (χ1v) is 3.97. The van der Waals surface area contributed by atoms with Crippen LogP contribution in [0.3, 0.4) is 0 Å². The van der Waals surface area contributed by atoms with Crippen molar-refractivity contribution in [3.8, 4) is 0 Å². The van der Waals surface area contributed by atoms with E-state index in [2.05, 4.69) is 42.5 Å². The topological polar surface area (TPSA) is 40.5 Å². The zero-order valence-corrected chi connectivity index (χ0v) is 10.00. The Labute approximate surface area is 99.4 Å². The van der Waals surface area contributed by atoms with E-state index in [4.69, 9.17) is 10.2 Å². The first kappa shape index (κ1) is 15.9. The molecule has 0 atom stereocenters. The molecule has 2 N–H and O–H groups in total. The normalized spacial score (nSPS) is 7.43. The summed E-state index contributed by atoms with van der Waals surface area (Å²) >= 11 is 0. The van der Waals surface area contributed by atoms with Crippen LogP contribution in [0.25, 0.3) is 10.8 Å². The summed E-state index contributed by atoms with van der Waals surface area (Å²) in [5.41, 5.74) is 0. The van der Waals surface area contributed by atoms with Gasteiger partial charge in [-0.2, -0.15) is 17.5 Å². The number of fused-ring (bicyclic) bond motifs is 1. The van der Waals surface area contributed by atoms with Crippen LogP contribution in [-0.2, 0) is 21.7 Å². The molecule has 0 bridgehead atoms. The van der Waals surface area contributed by atoms with Crippen molar-refractivity contribution >= 4 is 10.8 Å².